The van der Waals surface area contributed by atoms with Crippen LogP contribution >= 0.6 is 0 Å². The third-order valence-corrected chi connectivity index (χ3v) is 2.27. The average molecular weight is 352 g/mol. The summed E-state index contributed by atoms with van der Waals surface area (Å²) >= 11 is 0. The molecule has 1 heterocycles. The van der Waals surface area contributed by atoms with Gasteiger partial charge in [0.1, 0.15) is 0 Å². The minimum absolute atomic E-state index is 0. The second kappa shape index (κ2) is 17.2. The zero-order chi connectivity index (χ0) is 14.4. The molecule has 1 aliphatic carbocycles. The van der Waals surface area contributed by atoms with Crippen molar-refractivity contribution < 1.29 is 29.1 Å². The number of carbonyl (C=O) groups excluding carboxylic acids is 2. The Bertz CT molecular complexity index is 256. The minimum Gasteiger partial charge on any atom is -0.545 e. The van der Waals surface area contributed by atoms with Gasteiger partial charge in [-0.1, -0.05) is 12.8 Å². The molecule has 0 N–H and O–H groups in total. The van der Waals surface area contributed by atoms with Crippen LogP contribution in [0.4, 0.5) is 0 Å². The number of rotatable bonds is 1. The first kappa shape index (κ1) is 23.3. The minimum atomic E-state index is 0. The maximum atomic E-state index is 7.75. The number of imidazole rings is 1. The molecule has 1 radical (unpaired) electrons. The molecule has 1 aliphatic rings. The van der Waals surface area contributed by atoms with Crippen molar-refractivity contribution in [3.8, 4) is 0 Å². The normalized spacial score (nSPS) is 12.8. The molecular weight excluding hydrogens is 329 g/mol. The Hall–Kier alpha value is -0.827. The smallest absolute Gasteiger partial charge is 0.545 e. The van der Waals surface area contributed by atoms with E-state index in [0.29, 0.717) is 0 Å². The van der Waals surface area contributed by atoms with E-state index in [4.69, 9.17) is 9.59 Å². The van der Waals surface area contributed by atoms with Crippen molar-refractivity contribution in [2.24, 2.45) is 0 Å². The summed E-state index contributed by atoms with van der Waals surface area (Å²) in [5.74, 6) is 1.42. The molecular formula is C14H23N2O2Ru. The van der Waals surface area contributed by atoms with Crippen LogP contribution in [0.15, 0.2) is 18.7 Å². The number of hydrogen-bond acceptors (Lipinski definition) is 3. The zero-order valence-corrected chi connectivity index (χ0v) is 13.6. The van der Waals surface area contributed by atoms with Gasteiger partial charge in [-0.15, -0.1) is 0 Å². The van der Waals surface area contributed by atoms with Crippen LogP contribution in [0.5, 0.6) is 0 Å². The fraction of sp³-hybridized carbons (Fsp3) is 0.571. The molecule has 5 heteroatoms. The van der Waals surface area contributed by atoms with Gasteiger partial charge in [-0.25, -0.2) is 4.98 Å². The molecule has 109 valence electrons. The van der Waals surface area contributed by atoms with Crippen LogP contribution in [0, 0.1) is 5.92 Å². The maximum Gasteiger partial charge on any atom is 3.00 e. The van der Waals surface area contributed by atoms with Crippen LogP contribution in [0.2, 0.25) is 0 Å². The van der Waals surface area contributed by atoms with Gasteiger partial charge >= 0.3 is 19.5 Å². The molecule has 0 aromatic carbocycles. The standard InChI is InChI=1S/C8H12N2.C4H9.2CHO.Ru/c1-2-4-8(3-1)10-6-5-9-7-10;1-4(2)3;2*1-2;/h5-8H,1-4H2;1-3H3;2*1H;/q;3*-1;+3. The van der Waals surface area contributed by atoms with E-state index >= 15 is 0 Å². The monoisotopic (exact) mass is 353 g/mol. The Balaban J connectivity index is -0.000000246. The Kier molecular flexibility index (Phi) is 21.0. The van der Waals surface area contributed by atoms with Gasteiger partial charge < -0.3 is 20.1 Å². The largest absolute Gasteiger partial charge is 3.00 e. The number of nitrogens with zero attached hydrogens (tertiary/aromatic N) is 2. The van der Waals surface area contributed by atoms with E-state index in [0.717, 1.165) is 6.04 Å². The summed E-state index contributed by atoms with van der Waals surface area (Å²) in [6, 6.07) is 0.752. The Morgan fingerprint density at radius 3 is 1.84 bits per heavy atom. The van der Waals surface area contributed by atoms with Gasteiger partial charge in [-0.05, 0) is 12.8 Å². The first-order chi connectivity index (χ1) is 8.70. The van der Waals surface area contributed by atoms with Crippen molar-refractivity contribution in [1.29, 1.82) is 0 Å². The fourth-order valence-corrected chi connectivity index (χ4v) is 1.69. The quantitative estimate of drug-likeness (QED) is 0.443. The van der Waals surface area contributed by atoms with Crippen molar-refractivity contribution in [2.75, 3.05) is 0 Å². The van der Waals surface area contributed by atoms with Crippen LogP contribution in [0.3, 0.4) is 0 Å². The van der Waals surface area contributed by atoms with E-state index < -0.39 is 0 Å². The van der Waals surface area contributed by atoms with Gasteiger partial charge in [0, 0.05) is 18.4 Å². The van der Waals surface area contributed by atoms with Crippen LogP contribution in [-0.2, 0) is 29.1 Å². The summed E-state index contributed by atoms with van der Waals surface area (Å²) in [4.78, 5) is 19.5. The van der Waals surface area contributed by atoms with Crippen molar-refractivity contribution in [2.45, 2.75) is 52.5 Å². The van der Waals surface area contributed by atoms with Crippen molar-refractivity contribution in [3.63, 3.8) is 0 Å². The van der Waals surface area contributed by atoms with Crippen molar-refractivity contribution in [3.05, 3.63) is 24.6 Å². The molecule has 0 atom stereocenters. The van der Waals surface area contributed by atoms with E-state index in [2.05, 4.69) is 50.1 Å². The van der Waals surface area contributed by atoms with E-state index in [-0.39, 0.29) is 19.5 Å². The molecule has 0 aliphatic heterocycles. The fourth-order valence-electron chi connectivity index (χ4n) is 1.69. The first-order valence-electron chi connectivity index (χ1n) is 5.91. The van der Waals surface area contributed by atoms with Crippen LogP contribution in [0.1, 0.15) is 52.5 Å². The topological polar surface area (TPSA) is 52.0 Å². The summed E-state index contributed by atoms with van der Waals surface area (Å²) in [5.41, 5.74) is 0. The molecule has 0 amide bonds. The van der Waals surface area contributed by atoms with Crippen LogP contribution < -0.4 is 0 Å². The van der Waals surface area contributed by atoms with Crippen LogP contribution in [-0.4, -0.2) is 23.1 Å². The molecule has 1 saturated carbocycles. The number of hydrogen-bond donors (Lipinski definition) is 0. The predicted octanol–water partition coefficient (Wildman–Crippen LogP) is 3.07. The van der Waals surface area contributed by atoms with E-state index in [1.807, 2.05) is 12.5 Å². The van der Waals surface area contributed by atoms with Gasteiger partial charge in [0.25, 0.3) is 0 Å². The van der Waals surface area contributed by atoms with E-state index in [1.54, 1.807) is 0 Å². The Morgan fingerprint density at radius 2 is 1.53 bits per heavy atom. The second-order valence-electron chi connectivity index (χ2n) is 4.45. The average Bonchev–Trinajstić information content (AvgIpc) is 3.06. The molecule has 0 saturated heterocycles. The second-order valence-corrected chi connectivity index (χ2v) is 4.45. The van der Waals surface area contributed by atoms with Gasteiger partial charge in [-0.2, -0.15) is 20.8 Å². The molecule has 1 fully saturated rings. The third kappa shape index (κ3) is 13.4. The van der Waals surface area contributed by atoms with Crippen LogP contribution in [0.25, 0.3) is 0 Å². The Labute approximate surface area is 129 Å². The molecule has 2 rings (SSSR count). The molecule has 19 heavy (non-hydrogen) atoms. The third-order valence-electron chi connectivity index (χ3n) is 2.27. The van der Waals surface area contributed by atoms with Gasteiger partial charge in [-0.3, -0.25) is 13.6 Å². The summed E-state index contributed by atoms with van der Waals surface area (Å²) in [7, 11) is 0. The molecule has 0 bridgehead atoms. The maximum absolute atomic E-state index is 7.75. The van der Waals surface area contributed by atoms with Crippen molar-refractivity contribution >= 4 is 13.6 Å². The van der Waals surface area contributed by atoms with Gasteiger partial charge in [0.2, 0.25) is 0 Å². The summed E-state index contributed by atoms with van der Waals surface area (Å²) in [5, 5.41) is 0. The molecule has 4 nitrogen and oxygen atoms in total. The van der Waals surface area contributed by atoms with Gasteiger partial charge in [0.05, 0.1) is 6.33 Å². The zero-order valence-electron chi connectivity index (χ0n) is 11.9. The Morgan fingerprint density at radius 1 is 1.11 bits per heavy atom. The summed E-state index contributed by atoms with van der Waals surface area (Å²) in [6.45, 7) is 12.8. The summed E-state index contributed by atoms with van der Waals surface area (Å²) < 4.78 is 2.23. The molecule has 1 aromatic heterocycles. The van der Waals surface area contributed by atoms with E-state index in [1.165, 1.54) is 31.6 Å². The van der Waals surface area contributed by atoms with E-state index in [9.17, 15) is 0 Å². The molecule has 1 aromatic rings. The SMILES string of the molecule is C[C-](C)C.[CH-]=O.[CH-]=O.[Ru+3].c1cn(C2CCCC2)cn1. The summed E-state index contributed by atoms with van der Waals surface area (Å²) in [6.07, 6.45) is 11.3. The first-order valence-corrected chi connectivity index (χ1v) is 5.91. The van der Waals surface area contributed by atoms with Crippen molar-refractivity contribution in [1.82, 2.24) is 9.55 Å². The molecule has 0 spiro atoms. The molecule has 0 unspecified atom stereocenters. The number of aromatic nitrogens is 2. The van der Waals surface area contributed by atoms with Gasteiger partial charge in [0.15, 0.2) is 0 Å². The predicted molar refractivity (Wildman–Crippen MR) is 73.5 cm³/mol.